The van der Waals surface area contributed by atoms with Gasteiger partial charge < -0.3 is 10.6 Å². The first kappa shape index (κ1) is 23.6. The topological polar surface area (TPSA) is 70.6 Å². The first-order valence-electron chi connectivity index (χ1n) is 7.95. The maximum Gasteiger partial charge on any atom is 0.191 e. The fourth-order valence-electron chi connectivity index (χ4n) is 1.84. The Morgan fingerprint density at radius 3 is 2.50 bits per heavy atom. The van der Waals surface area contributed by atoms with Crippen LogP contribution in [0, 0.1) is 0 Å². The summed E-state index contributed by atoms with van der Waals surface area (Å²) >= 11 is 1.73. The summed E-state index contributed by atoms with van der Waals surface area (Å²) in [6.45, 7) is 11.1. The van der Waals surface area contributed by atoms with E-state index in [1.54, 1.807) is 32.1 Å². The maximum atomic E-state index is 12.1. The summed E-state index contributed by atoms with van der Waals surface area (Å²) in [6, 6.07) is 4.15. The molecule has 0 aromatic carbocycles. The molecule has 1 aromatic heterocycles. The minimum atomic E-state index is -3.12. The van der Waals surface area contributed by atoms with Crippen LogP contribution in [0.4, 0.5) is 0 Å². The van der Waals surface area contributed by atoms with Crippen molar-refractivity contribution in [1.82, 2.24) is 10.6 Å². The summed E-state index contributed by atoms with van der Waals surface area (Å²) in [7, 11) is -3.12. The minimum absolute atomic E-state index is 0. The van der Waals surface area contributed by atoms with Crippen LogP contribution in [0.25, 0.3) is 0 Å². The molecule has 0 amide bonds. The minimum Gasteiger partial charge on any atom is -0.357 e. The van der Waals surface area contributed by atoms with Crippen molar-refractivity contribution in [3.05, 3.63) is 22.4 Å². The Kier molecular flexibility index (Phi) is 10.4. The summed E-state index contributed by atoms with van der Waals surface area (Å²) in [5.74, 6) is 1.12. The second-order valence-electron chi connectivity index (χ2n) is 6.49. The number of sulfone groups is 1. The van der Waals surface area contributed by atoms with Gasteiger partial charge >= 0.3 is 0 Å². The standard InChI is InChI=1S/C16H29N3O2S2.HI/c1-6-17-15(18-9-11-23(20,21)16(3,4)5)19-12-13(2)14-8-7-10-22-14;/h7-8,10,13H,6,9,11-12H2,1-5H3,(H2,17,18,19);1H. The Hall–Kier alpha value is -0.350. The van der Waals surface area contributed by atoms with Gasteiger partial charge in [0.2, 0.25) is 0 Å². The number of hydrogen-bond donors (Lipinski definition) is 2. The Morgan fingerprint density at radius 2 is 2.00 bits per heavy atom. The van der Waals surface area contributed by atoms with Crippen molar-refractivity contribution < 1.29 is 8.42 Å². The highest BCUT2D eigenvalue weighted by atomic mass is 127. The van der Waals surface area contributed by atoms with Crippen LogP contribution in [-0.2, 0) is 9.84 Å². The van der Waals surface area contributed by atoms with E-state index >= 15 is 0 Å². The van der Waals surface area contributed by atoms with Crippen molar-refractivity contribution in [2.24, 2.45) is 4.99 Å². The molecule has 0 aliphatic rings. The number of rotatable bonds is 7. The molecule has 1 unspecified atom stereocenters. The zero-order chi connectivity index (χ0) is 17.5. The third kappa shape index (κ3) is 7.69. The molecule has 1 rings (SSSR count). The fourth-order valence-corrected chi connectivity index (χ4v) is 3.60. The van der Waals surface area contributed by atoms with Crippen LogP contribution < -0.4 is 10.6 Å². The molecule has 5 nitrogen and oxygen atoms in total. The van der Waals surface area contributed by atoms with E-state index in [2.05, 4.69) is 34.0 Å². The molecule has 0 aliphatic carbocycles. The molecule has 0 spiro atoms. The van der Waals surface area contributed by atoms with Crippen LogP contribution >= 0.6 is 35.3 Å². The molecule has 1 atom stereocenters. The van der Waals surface area contributed by atoms with Crippen molar-refractivity contribution in [3.63, 3.8) is 0 Å². The molecular formula is C16H30IN3O2S2. The molecule has 0 bridgehead atoms. The quantitative estimate of drug-likeness (QED) is 0.352. The molecule has 0 saturated heterocycles. The predicted molar refractivity (Wildman–Crippen MR) is 116 cm³/mol. The lowest BCUT2D eigenvalue weighted by Crippen LogP contribution is -2.42. The van der Waals surface area contributed by atoms with E-state index in [1.165, 1.54) is 4.88 Å². The summed E-state index contributed by atoms with van der Waals surface area (Å²) in [4.78, 5) is 5.86. The highest BCUT2D eigenvalue weighted by molar-refractivity contribution is 14.0. The van der Waals surface area contributed by atoms with E-state index in [-0.39, 0.29) is 29.7 Å². The zero-order valence-corrected chi connectivity index (χ0v) is 19.1. The maximum absolute atomic E-state index is 12.1. The highest BCUT2D eigenvalue weighted by Gasteiger charge is 2.28. The van der Waals surface area contributed by atoms with Gasteiger partial charge in [0.15, 0.2) is 15.8 Å². The molecule has 0 saturated carbocycles. The van der Waals surface area contributed by atoms with E-state index in [1.807, 2.05) is 13.0 Å². The molecule has 0 fully saturated rings. The first-order valence-corrected chi connectivity index (χ1v) is 10.5. The smallest absolute Gasteiger partial charge is 0.191 e. The SMILES string of the molecule is CCNC(=NCC(C)c1cccs1)NCCS(=O)(=O)C(C)(C)C.I. The van der Waals surface area contributed by atoms with Crippen molar-refractivity contribution in [2.75, 3.05) is 25.4 Å². The molecule has 2 N–H and O–H groups in total. The van der Waals surface area contributed by atoms with Crippen LogP contribution in [0.1, 0.15) is 45.4 Å². The van der Waals surface area contributed by atoms with Gasteiger partial charge in [0.05, 0.1) is 17.0 Å². The number of hydrogen-bond acceptors (Lipinski definition) is 4. The van der Waals surface area contributed by atoms with Crippen LogP contribution in [0.15, 0.2) is 22.5 Å². The van der Waals surface area contributed by atoms with Gasteiger partial charge in [-0.25, -0.2) is 8.42 Å². The molecule has 140 valence electrons. The Morgan fingerprint density at radius 1 is 1.33 bits per heavy atom. The number of guanidine groups is 1. The molecule has 24 heavy (non-hydrogen) atoms. The fraction of sp³-hybridized carbons (Fsp3) is 0.688. The normalized spacial score (nSPS) is 14.0. The number of thiophene rings is 1. The second kappa shape index (κ2) is 10.6. The lowest BCUT2D eigenvalue weighted by molar-refractivity contribution is 0.559. The summed E-state index contributed by atoms with van der Waals surface area (Å²) in [5.41, 5.74) is 0. The average molecular weight is 487 g/mol. The predicted octanol–water partition coefficient (Wildman–Crippen LogP) is 3.24. The van der Waals surface area contributed by atoms with Crippen LogP contribution in [0.5, 0.6) is 0 Å². The van der Waals surface area contributed by atoms with Gasteiger partial charge in [0, 0.05) is 23.9 Å². The largest absolute Gasteiger partial charge is 0.357 e. The van der Waals surface area contributed by atoms with Crippen molar-refractivity contribution in [1.29, 1.82) is 0 Å². The van der Waals surface area contributed by atoms with Gasteiger partial charge in [-0.15, -0.1) is 35.3 Å². The van der Waals surface area contributed by atoms with Crippen molar-refractivity contribution in [2.45, 2.75) is 45.3 Å². The number of nitrogens with one attached hydrogen (secondary N) is 2. The van der Waals surface area contributed by atoms with Gasteiger partial charge in [-0.1, -0.05) is 13.0 Å². The van der Waals surface area contributed by atoms with Gasteiger partial charge in [-0.3, -0.25) is 4.99 Å². The monoisotopic (exact) mass is 487 g/mol. The highest BCUT2D eigenvalue weighted by Crippen LogP contribution is 2.20. The van der Waals surface area contributed by atoms with Crippen LogP contribution in [0.3, 0.4) is 0 Å². The van der Waals surface area contributed by atoms with Gasteiger partial charge in [0.1, 0.15) is 0 Å². The van der Waals surface area contributed by atoms with E-state index in [9.17, 15) is 8.42 Å². The average Bonchev–Trinajstić information content (AvgIpc) is 2.97. The van der Waals surface area contributed by atoms with E-state index in [0.29, 0.717) is 25.0 Å². The molecule has 0 radical (unpaired) electrons. The molecule has 0 aliphatic heterocycles. The first-order chi connectivity index (χ1) is 10.7. The lowest BCUT2D eigenvalue weighted by atomic mass is 10.1. The Bertz CT molecular complexity index is 593. The Labute approximate surface area is 167 Å². The second-order valence-corrected chi connectivity index (χ2v) is 10.3. The summed E-state index contributed by atoms with van der Waals surface area (Å²) in [6.07, 6.45) is 0. The summed E-state index contributed by atoms with van der Waals surface area (Å²) < 4.78 is 23.5. The van der Waals surface area contributed by atoms with Crippen molar-refractivity contribution in [3.8, 4) is 0 Å². The van der Waals surface area contributed by atoms with E-state index in [0.717, 1.165) is 6.54 Å². The number of aliphatic imine (C=N–C) groups is 1. The van der Waals surface area contributed by atoms with E-state index in [4.69, 9.17) is 0 Å². The van der Waals surface area contributed by atoms with Gasteiger partial charge in [-0.2, -0.15) is 0 Å². The van der Waals surface area contributed by atoms with Crippen LogP contribution in [0.2, 0.25) is 0 Å². The van der Waals surface area contributed by atoms with Crippen LogP contribution in [-0.4, -0.2) is 44.5 Å². The summed E-state index contributed by atoms with van der Waals surface area (Å²) in [5, 5.41) is 8.33. The Balaban J connectivity index is 0.00000529. The third-order valence-electron chi connectivity index (χ3n) is 3.49. The lowest BCUT2D eigenvalue weighted by Gasteiger charge is -2.20. The number of halogens is 1. The number of nitrogens with zero attached hydrogens (tertiary/aromatic N) is 1. The van der Waals surface area contributed by atoms with Gasteiger partial charge in [-0.05, 0) is 39.1 Å². The zero-order valence-electron chi connectivity index (χ0n) is 15.1. The van der Waals surface area contributed by atoms with Gasteiger partial charge in [0.25, 0.3) is 0 Å². The van der Waals surface area contributed by atoms with Crippen molar-refractivity contribution >= 4 is 51.1 Å². The van der Waals surface area contributed by atoms with E-state index < -0.39 is 14.6 Å². The molecule has 1 aromatic rings. The third-order valence-corrected chi connectivity index (χ3v) is 7.20. The molecule has 8 heteroatoms. The molecular weight excluding hydrogens is 457 g/mol. The molecule has 1 heterocycles.